The van der Waals surface area contributed by atoms with Gasteiger partial charge < -0.3 is 14.1 Å². The van der Waals surface area contributed by atoms with Crippen molar-refractivity contribution in [2.45, 2.75) is 27.2 Å². The minimum Gasteiger partial charge on any atom is -0.452 e. The number of carbonyl (C=O) groups is 2. The van der Waals surface area contributed by atoms with Gasteiger partial charge in [0.15, 0.2) is 5.76 Å². The Morgan fingerprint density at radius 3 is 2.37 bits per heavy atom. The van der Waals surface area contributed by atoms with Crippen LogP contribution in [0.1, 0.15) is 23.1 Å². The summed E-state index contributed by atoms with van der Waals surface area (Å²) >= 11 is 0. The highest BCUT2D eigenvalue weighted by atomic mass is 16.5. The highest BCUT2D eigenvalue weighted by Crippen LogP contribution is 2.34. The van der Waals surface area contributed by atoms with Crippen molar-refractivity contribution in [3.8, 4) is 17.1 Å². The SMILES string of the molecule is Cc1ccc(-c2oc3cc(C)cc(C)c3c(=O)c2OC(=O)C2CC(=O)N(c3ccccc3)C2)cc1. The predicted molar refractivity (Wildman–Crippen MR) is 135 cm³/mol. The molecular weight excluding hydrogens is 442 g/mol. The molecule has 0 spiro atoms. The fourth-order valence-corrected chi connectivity index (χ4v) is 4.57. The molecule has 2 heterocycles. The van der Waals surface area contributed by atoms with E-state index in [1.165, 1.54) is 0 Å². The summed E-state index contributed by atoms with van der Waals surface area (Å²) in [7, 11) is 0. The molecule has 1 aromatic heterocycles. The van der Waals surface area contributed by atoms with Crippen LogP contribution in [0.15, 0.2) is 75.9 Å². The summed E-state index contributed by atoms with van der Waals surface area (Å²) in [6, 6.07) is 20.4. The highest BCUT2D eigenvalue weighted by Gasteiger charge is 2.37. The van der Waals surface area contributed by atoms with E-state index in [1.807, 2.05) is 81.4 Å². The van der Waals surface area contributed by atoms with Gasteiger partial charge in [0.2, 0.25) is 17.1 Å². The first-order valence-corrected chi connectivity index (χ1v) is 11.5. The molecule has 35 heavy (non-hydrogen) atoms. The standard InChI is InChI=1S/C29H25NO5/c1-17-9-11-20(12-10-17)27-28(26(32)25-19(3)13-18(2)14-23(25)34-27)35-29(33)21-15-24(31)30(16-21)22-7-5-4-6-8-22/h4-14,21H,15-16H2,1-3H3. The monoisotopic (exact) mass is 467 g/mol. The first-order chi connectivity index (χ1) is 16.8. The largest absolute Gasteiger partial charge is 0.452 e. The number of hydrogen-bond donors (Lipinski definition) is 0. The first kappa shape index (κ1) is 22.6. The maximum absolute atomic E-state index is 13.6. The maximum atomic E-state index is 13.6. The van der Waals surface area contributed by atoms with E-state index in [2.05, 4.69) is 0 Å². The zero-order valence-electron chi connectivity index (χ0n) is 19.8. The number of hydrogen-bond acceptors (Lipinski definition) is 5. The van der Waals surface area contributed by atoms with Crippen LogP contribution < -0.4 is 15.1 Å². The molecule has 1 aliphatic rings. The van der Waals surface area contributed by atoms with Crippen molar-refractivity contribution < 1.29 is 18.7 Å². The second kappa shape index (κ2) is 8.87. The number of esters is 1. The molecule has 1 saturated heterocycles. The molecule has 0 saturated carbocycles. The lowest BCUT2D eigenvalue weighted by Gasteiger charge is -2.17. The van der Waals surface area contributed by atoms with Crippen LogP contribution >= 0.6 is 0 Å². The maximum Gasteiger partial charge on any atom is 0.316 e. The molecule has 0 aliphatic carbocycles. The number of amides is 1. The molecule has 4 aromatic rings. The van der Waals surface area contributed by atoms with Gasteiger partial charge in [0.05, 0.1) is 11.3 Å². The number of carbonyl (C=O) groups excluding carboxylic acids is 2. The van der Waals surface area contributed by atoms with Crippen LogP contribution in [0.3, 0.4) is 0 Å². The molecule has 1 atom stereocenters. The molecule has 5 rings (SSSR count). The zero-order chi connectivity index (χ0) is 24.7. The number of para-hydroxylation sites is 1. The smallest absolute Gasteiger partial charge is 0.316 e. The number of nitrogens with zero attached hydrogens (tertiary/aromatic N) is 1. The highest BCUT2D eigenvalue weighted by molar-refractivity contribution is 6.00. The van der Waals surface area contributed by atoms with Crippen LogP contribution in [-0.2, 0) is 9.59 Å². The summed E-state index contributed by atoms with van der Waals surface area (Å²) in [6.45, 7) is 5.92. The molecule has 0 N–H and O–H groups in total. The predicted octanol–water partition coefficient (Wildman–Crippen LogP) is 5.34. The minimum absolute atomic E-state index is 0.0186. The molecule has 6 nitrogen and oxygen atoms in total. The van der Waals surface area contributed by atoms with E-state index < -0.39 is 17.3 Å². The van der Waals surface area contributed by atoms with Gasteiger partial charge in [-0.25, -0.2) is 0 Å². The molecular formula is C29H25NO5. The van der Waals surface area contributed by atoms with Crippen molar-refractivity contribution >= 4 is 28.5 Å². The van der Waals surface area contributed by atoms with Crippen LogP contribution in [0.5, 0.6) is 5.75 Å². The Morgan fingerprint density at radius 2 is 1.66 bits per heavy atom. The lowest BCUT2D eigenvalue weighted by atomic mass is 10.0. The molecule has 176 valence electrons. The van der Waals surface area contributed by atoms with E-state index in [4.69, 9.17) is 9.15 Å². The van der Waals surface area contributed by atoms with E-state index in [0.29, 0.717) is 16.5 Å². The molecule has 0 radical (unpaired) electrons. The molecule has 1 amide bonds. The van der Waals surface area contributed by atoms with Crippen molar-refractivity contribution in [1.82, 2.24) is 0 Å². The Balaban J connectivity index is 1.55. The Morgan fingerprint density at radius 1 is 0.943 bits per heavy atom. The first-order valence-electron chi connectivity index (χ1n) is 11.5. The van der Waals surface area contributed by atoms with Crippen LogP contribution in [0.4, 0.5) is 5.69 Å². The summed E-state index contributed by atoms with van der Waals surface area (Å²) in [5.41, 5.74) is 4.14. The second-order valence-corrected chi connectivity index (χ2v) is 9.07. The third-order valence-corrected chi connectivity index (χ3v) is 6.34. The van der Waals surface area contributed by atoms with E-state index in [1.54, 1.807) is 11.0 Å². The Bertz CT molecular complexity index is 1500. The summed E-state index contributed by atoms with van der Waals surface area (Å²) in [4.78, 5) is 41.0. The summed E-state index contributed by atoms with van der Waals surface area (Å²) in [5, 5.41) is 0.377. The molecule has 1 unspecified atom stereocenters. The summed E-state index contributed by atoms with van der Waals surface area (Å²) < 4.78 is 11.9. The van der Waals surface area contributed by atoms with Gasteiger partial charge in [-0.2, -0.15) is 0 Å². The third-order valence-electron chi connectivity index (χ3n) is 6.34. The average Bonchev–Trinajstić information content (AvgIpc) is 3.23. The van der Waals surface area contributed by atoms with Crippen molar-refractivity contribution in [3.05, 3.63) is 93.6 Å². The number of fused-ring (bicyclic) bond motifs is 1. The lowest BCUT2D eigenvalue weighted by Crippen LogP contribution is -2.28. The van der Waals surface area contributed by atoms with E-state index in [-0.39, 0.29) is 30.4 Å². The number of rotatable bonds is 4. The van der Waals surface area contributed by atoms with Gasteiger partial charge in [-0.3, -0.25) is 14.4 Å². The topological polar surface area (TPSA) is 76.8 Å². The lowest BCUT2D eigenvalue weighted by molar-refractivity contribution is -0.139. The third kappa shape index (κ3) is 4.23. The molecule has 0 bridgehead atoms. The van der Waals surface area contributed by atoms with Crippen molar-refractivity contribution in [1.29, 1.82) is 0 Å². The molecule has 1 fully saturated rings. The number of ether oxygens (including phenoxy) is 1. The Kier molecular flexibility index (Phi) is 5.73. The molecule has 3 aromatic carbocycles. The summed E-state index contributed by atoms with van der Waals surface area (Å²) in [6.07, 6.45) is 0.0186. The van der Waals surface area contributed by atoms with Gasteiger partial charge in [0.25, 0.3) is 0 Å². The van der Waals surface area contributed by atoms with Crippen LogP contribution in [0.25, 0.3) is 22.3 Å². The van der Waals surface area contributed by atoms with Gasteiger partial charge in [-0.1, -0.05) is 54.1 Å². The zero-order valence-corrected chi connectivity index (χ0v) is 19.8. The number of anilines is 1. The Labute approximate surface area is 202 Å². The van der Waals surface area contributed by atoms with Crippen LogP contribution in [-0.4, -0.2) is 18.4 Å². The van der Waals surface area contributed by atoms with Crippen molar-refractivity contribution in [2.75, 3.05) is 11.4 Å². The number of benzene rings is 3. The molecule has 6 heteroatoms. The van der Waals surface area contributed by atoms with Crippen molar-refractivity contribution in [3.63, 3.8) is 0 Å². The van der Waals surface area contributed by atoms with Gasteiger partial charge >= 0.3 is 5.97 Å². The van der Waals surface area contributed by atoms with Crippen molar-refractivity contribution in [2.24, 2.45) is 5.92 Å². The fraction of sp³-hybridized carbons (Fsp3) is 0.207. The fourth-order valence-electron chi connectivity index (χ4n) is 4.57. The van der Waals surface area contributed by atoms with E-state index in [9.17, 15) is 14.4 Å². The van der Waals surface area contributed by atoms with Gasteiger partial charge in [0, 0.05) is 24.2 Å². The van der Waals surface area contributed by atoms with Gasteiger partial charge in [-0.15, -0.1) is 0 Å². The summed E-state index contributed by atoms with van der Waals surface area (Å²) in [5.74, 6) is -1.42. The Hall–Kier alpha value is -4.19. The van der Waals surface area contributed by atoms with E-state index in [0.717, 1.165) is 22.4 Å². The van der Waals surface area contributed by atoms with E-state index >= 15 is 0 Å². The number of aryl methyl sites for hydroxylation is 3. The normalized spacial score (nSPS) is 15.6. The average molecular weight is 468 g/mol. The van der Waals surface area contributed by atoms with Crippen LogP contribution in [0.2, 0.25) is 0 Å². The van der Waals surface area contributed by atoms with Gasteiger partial charge in [-0.05, 0) is 50.1 Å². The van der Waals surface area contributed by atoms with Crippen LogP contribution in [0, 0.1) is 26.7 Å². The second-order valence-electron chi connectivity index (χ2n) is 9.07. The van der Waals surface area contributed by atoms with Gasteiger partial charge in [0.1, 0.15) is 5.58 Å². The molecule has 1 aliphatic heterocycles. The quantitative estimate of drug-likeness (QED) is 0.379. The minimum atomic E-state index is -0.692.